The molecule has 1 aliphatic rings. The van der Waals surface area contributed by atoms with E-state index < -0.39 is 11.6 Å². The molecule has 0 bridgehead atoms. The number of rotatable bonds is 1. The molecule has 0 spiro atoms. The fourth-order valence-electron chi connectivity index (χ4n) is 0.809. The third-order valence-electron chi connectivity index (χ3n) is 1.27. The second-order valence-electron chi connectivity index (χ2n) is 2.16. The van der Waals surface area contributed by atoms with Crippen LogP contribution < -0.4 is 0 Å². The van der Waals surface area contributed by atoms with E-state index in [1.165, 1.54) is 6.08 Å². The van der Waals surface area contributed by atoms with Crippen LogP contribution >= 0.6 is 0 Å². The molecule has 0 radical (unpaired) electrons. The summed E-state index contributed by atoms with van der Waals surface area (Å²) in [6.07, 6.45) is 3.99. The van der Waals surface area contributed by atoms with Gasteiger partial charge in [0, 0.05) is 12.5 Å². The van der Waals surface area contributed by atoms with Crippen molar-refractivity contribution < 1.29 is 13.6 Å². The average molecular weight is 157 g/mol. The summed E-state index contributed by atoms with van der Waals surface area (Å²) in [5, 5.41) is 0. The molecule has 1 aliphatic carbocycles. The van der Waals surface area contributed by atoms with Crippen LogP contribution in [0.5, 0.6) is 0 Å². The van der Waals surface area contributed by atoms with E-state index in [1.807, 2.05) is 0 Å². The molecule has 1 unspecified atom stereocenters. The average Bonchev–Trinajstić information content (AvgIpc) is 1.86. The predicted molar refractivity (Wildman–Crippen MR) is 34.9 cm³/mol. The highest BCUT2D eigenvalue weighted by molar-refractivity contribution is 5.37. The van der Waals surface area contributed by atoms with Crippen molar-refractivity contribution in [1.29, 1.82) is 0 Å². The van der Waals surface area contributed by atoms with Gasteiger partial charge in [-0.05, 0) is 6.08 Å². The number of allylic oxidation sites excluding steroid dienone is 2. The number of hydrogen-bond donors (Lipinski definition) is 0. The fourth-order valence-corrected chi connectivity index (χ4v) is 0.809. The van der Waals surface area contributed by atoms with Crippen molar-refractivity contribution in [3.8, 4) is 0 Å². The van der Waals surface area contributed by atoms with Crippen LogP contribution in [0.3, 0.4) is 0 Å². The molecule has 1 rings (SSSR count). The maximum Gasteiger partial charge on any atom is 0.238 e. The van der Waals surface area contributed by atoms with Gasteiger partial charge in [-0.3, -0.25) is 0 Å². The predicted octanol–water partition coefficient (Wildman–Crippen LogP) is 1.80. The highest BCUT2D eigenvalue weighted by atomic mass is 19.2. The molecule has 58 valence electrons. The number of isocyanates is 1. The maximum atomic E-state index is 13.0. The van der Waals surface area contributed by atoms with Crippen LogP contribution in [0.25, 0.3) is 0 Å². The van der Waals surface area contributed by atoms with Crippen molar-refractivity contribution >= 4 is 6.08 Å². The van der Waals surface area contributed by atoms with E-state index in [9.17, 15) is 13.6 Å². The van der Waals surface area contributed by atoms with Gasteiger partial charge in [0.05, 0.1) is 0 Å². The van der Waals surface area contributed by atoms with E-state index in [1.54, 1.807) is 0 Å². The van der Waals surface area contributed by atoms with Gasteiger partial charge in [-0.25, -0.2) is 13.6 Å². The standard InChI is InChI=1S/C7H5F2NO/c8-6-2-1-3-7(9,4-6)10-5-11/h1-2,4H,3H2. The highest BCUT2D eigenvalue weighted by Crippen LogP contribution is 2.26. The zero-order valence-corrected chi connectivity index (χ0v) is 5.55. The molecule has 0 aromatic heterocycles. The molecular formula is C7H5F2NO. The van der Waals surface area contributed by atoms with Crippen LogP contribution in [0.2, 0.25) is 0 Å². The van der Waals surface area contributed by atoms with E-state index in [4.69, 9.17) is 0 Å². The van der Waals surface area contributed by atoms with Gasteiger partial charge in [-0.1, -0.05) is 6.08 Å². The Hall–Kier alpha value is -1.28. The lowest BCUT2D eigenvalue weighted by molar-refractivity contribution is 0.239. The lowest BCUT2D eigenvalue weighted by Gasteiger charge is -2.14. The Balaban J connectivity index is 2.91. The van der Waals surface area contributed by atoms with Crippen molar-refractivity contribution in [2.75, 3.05) is 0 Å². The summed E-state index contributed by atoms with van der Waals surface area (Å²) in [4.78, 5) is 12.5. The molecule has 11 heavy (non-hydrogen) atoms. The third-order valence-corrected chi connectivity index (χ3v) is 1.27. The summed E-state index contributed by atoms with van der Waals surface area (Å²) in [6, 6.07) is 0. The van der Waals surface area contributed by atoms with E-state index in [0.717, 1.165) is 12.2 Å². The number of hydrogen-bond acceptors (Lipinski definition) is 2. The molecule has 0 aromatic carbocycles. The second-order valence-corrected chi connectivity index (χ2v) is 2.16. The van der Waals surface area contributed by atoms with E-state index >= 15 is 0 Å². The van der Waals surface area contributed by atoms with Gasteiger partial charge in [-0.2, -0.15) is 4.99 Å². The van der Waals surface area contributed by atoms with Crippen LogP contribution in [0.1, 0.15) is 6.42 Å². The lowest BCUT2D eigenvalue weighted by atomic mass is 10.1. The summed E-state index contributed by atoms with van der Waals surface area (Å²) in [6.45, 7) is 0. The molecular weight excluding hydrogens is 152 g/mol. The van der Waals surface area contributed by atoms with Gasteiger partial charge in [0.15, 0.2) is 0 Å². The van der Waals surface area contributed by atoms with Crippen molar-refractivity contribution in [2.45, 2.75) is 12.2 Å². The number of aliphatic imine (C=N–C) groups is 1. The SMILES string of the molecule is O=C=NC1(F)C=C(F)C=CC1. The first-order chi connectivity index (χ1) is 5.16. The highest BCUT2D eigenvalue weighted by Gasteiger charge is 2.27. The van der Waals surface area contributed by atoms with Crippen LogP contribution in [0.4, 0.5) is 8.78 Å². The Kier molecular flexibility index (Phi) is 1.96. The largest absolute Gasteiger partial charge is 0.238 e. The molecule has 0 aromatic rings. The Morgan fingerprint density at radius 1 is 1.73 bits per heavy atom. The molecule has 2 nitrogen and oxygen atoms in total. The molecule has 0 saturated carbocycles. The molecule has 0 aliphatic heterocycles. The third kappa shape index (κ3) is 1.82. The minimum absolute atomic E-state index is 0.115. The summed E-state index contributed by atoms with van der Waals surface area (Å²) in [5.41, 5.74) is 0. The number of halogens is 2. The minimum Gasteiger partial charge on any atom is -0.212 e. The lowest BCUT2D eigenvalue weighted by Crippen LogP contribution is -2.17. The zero-order chi connectivity index (χ0) is 8.32. The fraction of sp³-hybridized carbons (Fsp3) is 0.286. The van der Waals surface area contributed by atoms with Crippen molar-refractivity contribution in [2.24, 2.45) is 4.99 Å². The number of nitrogens with zero attached hydrogens (tertiary/aromatic N) is 1. The van der Waals surface area contributed by atoms with Crippen LogP contribution in [0.15, 0.2) is 29.0 Å². The van der Waals surface area contributed by atoms with Crippen molar-refractivity contribution in [1.82, 2.24) is 0 Å². The van der Waals surface area contributed by atoms with E-state index in [2.05, 4.69) is 4.99 Å². The van der Waals surface area contributed by atoms with Gasteiger partial charge >= 0.3 is 0 Å². The van der Waals surface area contributed by atoms with Gasteiger partial charge in [0.2, 0.25) is 11.9 Å². The maximum absolute atomic E-state index is 13.0. The van der Waals surface area contributed by atoms with E-state index in [-0.39, 0.29) is 6.42 Å². The molecule has 0 fully saturated rings. The first-order valence-corrected chi connectivity index (χ1v) is 2.99. The molecule has 4 heteroatoms. The van der Waals surface area contributed by atoms with E-state index in [0.29, 0.717) is 6.08 Å². The van der Waals surface area contributed by atoms with Gasteiger partial charge in [0.25, 0.3) is 0 Å². The molecule has 0 N–H and O–H groups in total. The normalized spacial score (nSPS) is 29.1. The first kappa shape index (κ1) is 7.82. The number of carbonyl (C=O) groups excluding carboxylic acids is 1. The van der Waals surface area contributed by atoms with Crippen LogP contribution in [0, 0.1) is 0 Å². The Bertz CT molecular complexity index is 266. The first-order valence-electron chi connectivity index (χ1n) is 2.99. The number of alkyl halides is 1. The molecule has 1 atom stereocenters. The van der Waals surface area contributed by atoms with Crippen LogP contribution in [-0.4, -0.2) is 11.9 Å². The zero-order valence-electron chi connectivity index (χ0n) is 5.55. The monoisotopic (exact) mass is 157 g/mol. The summed E-state index contributed by atoms with van der Waals surface area (Å²) in [5.74, 6) is -2.95. The summed E-state index contributed by atoms with van der Waals surface area (Å²) in [7, 11) is 0. The van der Waals surface area contributed by atoms with Gasteiger partial charge in [-0.15, -0.1) is 0 Å². The quantitative estimate of drug-likeness (QED) is 0.324. The smallest absolute Gasteiger partial charge is 0.212 e. The molecule has 0 amide bonds. The summed E-state index contributed by atoms with van der Waals surface area (Å²) < 4.78 is 25.4. The Morgan fingerprint density at radius 3 is 3.00 bits per heavy atom. The van der Waals surface area contributed by atoms with Crippen molar-refractivity contribution in [3.63, 3.8) is 0 Å². The molecule has 0 saturated heterocycles. The summed E-state index contributed by atoms with van der Waals surface area (Å²) >= 11 is 0. The van der Waals surface area contributed by atoms with Gasteiger partial charge in [0.1, 0.15) is 5.83 Å². The van der Waals surface area contributed by atoms with Gasteiger partial charge < -0.3 is 0 Å². The second kappa shape index (κ2) is 2.76. The van der Waals surface area contributed by atoms with Crippen molar-refractivity contribution in [3.05, 3.63) is 24.1 Å². The van der Waals surface area contributed by atoms with Crippen LogP contribution in [-0.2, 0) is 4.79 Å². The topological polar surface area (TPSA) is 29.4 Å². The molecule has 0 heterocycles. The Morgan fingerprint density at radius 2 is 2.45 bits per heavy atom. The Labute approximate surface area is 61.9 Å². The minimum atomic E-state index is -2.22.